The molecule has 0 fully saturated rings. The Labute approximate surface area is 104 Å². The molecule has 1 aromatic carbocycles. The Morgan fingerprint density at radius 2 is 2.00 bits per heavy atom. The van der Waals surface area contributed by atoms with Gasteiger partial charge in [0.2, 0.25) is 0 Å². The van der Waals surface area contributed by atoms with E-state index in [1.54, 1.807) is 0 Å². The van der Waals surface area contributed by atoms with E-state index < -0.39 is 0 Å². The molecule has 0 bridgehead atoms. The van der Waals surface area contributed by atoms with Crippen LogP contribution in [0.1, 0.15) is 30.9 Å². The third-order valence-electron chi connectivity index (χ3n) is 2.77. The number of nitrogens with zero attached hydrogens (tertiary/aromatic N) is 1. The number of hydrogen-bond acceptors (Lipinski definition) is 2. The van der Waals surface area contributed by atoms with Crippen molar-refractivity contribution >= 4 is 5.78 Å². The van der Waals surface area contributed by atoms with E-state index in [9.17, 15) is 4.79 Å². The highest BCUT2D eigenvalue weighted by Gasteiger charge is 2.21. The molecule has 2 heteroatoms. The van der Waals surface area contributed by atoms with Crippen molar-refractivity contribution < 1.29 is 4.79 Å². The lowest BCUT2D eigenvalue weighted by atomic mass is 9.98. The number of carbonyl (C=O) groups is 1. The van der Waals surface area contributed by atoms with Crippen molar-refractivity contribution in [3.8, 4) is 0 Å². The molecule has 0 radical (unpaired) electrons. The summed E-state index contributed by atoms with van der Waals surface area (Å²) in [6.07, 6.45) is 4.27. The lowest BCUT2D eigenvalue weighted by Gasteiger charge is -2.23. The van der Waals surface area contributed by atoms with E-state index in [0.717, 1.165) is 18.4 Å². The van der Waals surface area contributed by atoms with Crippen molar-refractivity contribution in [3.63, 3.8) is 0 Å². The van der Waals surface area contributed by atoms with Gasteiger partial charge in [-0.2, -0.15) is 0 Å². The first kappa shape index (κ1) is 13.7. The van der Waals surface area contributed by atoms with Gasteiger partial charge in [-0.05, 0) is 32.5 Å². The van der Waals surface area contributed by atoms with Crippen molar-refractivity contribution in [2.75, 3.05) is 14.1 Å². The van der Waals surface area contributed by atoms with Crippen LogP contribution >= 0.6 is 0 Å². The van der Waals surface area contributed by atoms with Gasteiger partial charge in [0.15, 0.2) is 5.78 Å². The molecule has 2 nitrogen and oxygen atoms in total. The summed E-state index contributed by atoms with van der Waals surface area (Å²) in [6, 6.07) is 9.82. The zero-order valence-corrected chi connectivity index (χ0v) is 10.7. The first-order valence-electron chi connectivity index (χ1n) is 6.01. The van der Waals surface area contributed by atoms with E-state index in [0.29, 0.717) is 6.42 Å². The third-order valence-corrected chi connectivity index (χ3v) is 2.77. The van der Waals surface area contributed by atoms with Crippen molar-refractivity contribution in [2.24, 2.45) is 0 Å². The van der Waals surface area contributed by atoms with Gasteiger partial charge in [0.25, 0.3) is 0 Å². The SMILES string of the molecule is C=CCCCC(=O)C(c1ccccc1)N(C)C. The second-order valence-electron chi connectivity index (χ2n) is 4.42. The predicted octanol–water partition coefficient (Wildman–Crippen LogP) is 3.21. The summed E-state index contributed by atoms with van der Waals surface area (Å²) in [5.41, 5.74) is 1.07. The van der Waals surface area contributed by atoms with Crippen LogP contribution in [0.2, 0.25) is 0 Å². The second-order valence-corrected chi connectivity index (χ2v) is 4.42. The number of allylic oxidation sites excluding steroid dienone is 1. The van der Waals surface area contributed by atoms with Crippen LogP contribution in [0.5, 0.6) is 0 Å². The number of rotatable bonds is 7. The van der Waals surface area contributed by atoms with Gasteiger partial charge in [-0.1, -0.05) is 36.4 Å². The molecule has 0 heterocycles. The molecule has 1 aromatic rings. The molecular weight excluding hydrogens is 210 g/mol. The lowest BCUT2D eigenvalue weighted by molar-refractivity contribution is -0.123. The smallest absolute Gasteiger partial charge is 0.154 e. The minimum atomic E-state index is -0.124. The summed E-state index contributed by atoms with van der Waals surface area (Å²) in [5, 5.41) is 0. The van der Waals surface area contributed by atoms with Crippen molar-refractivity contribution in [2.45, 2.75) is 25.3 Å². The Morgan fingerprint density at radius 1 is 1.35 bits per heavy atom. The van der Waals surface area contributed by atoms with Crippen molar-refractivity contribution in [1.82, 2.24) is 4.90 Å². The summed E-state index contributed by atoms with van der Waals surface area (Å²) in [6.45, 7) is 3.67. The van der Waals surface area contributed by atoms with Crippen LogP contribution in [0.15, 0.2) is 43.0 Å². The van der Waals surface area contributed by atoms with Crippen LogP contribution in [-0.4, -0.2) is 24.8 Å². The summed E-state index contributed by atoms with van der Waals surface area (Å²) in [7, 11) is 3.89. The molecule has 1 unspecified atom stereocenters. The average Bonchev–Trinajstić information content (AvgIpc) is 2.30. The Morgan fingerprint density at radius 3 is 2.53 bits per heavy atom. The zero-order chi connectivity index (χ0) is 12.7. The molecule has 0 spiro atoms. The number of carbonyl (C=O) groups excluding carboxylic acids is 1. The van der Waals surface area contributed by atoms with Gasteiger partial charge < -0.3 is 0 Å². The first-order chi connectivity index (χ1) is 8.16. The largest absolute Gasteiger partial charge is 0.298 e. The molecule has 0 amide bonds. The number of ketones is 1. The minimum absolute atomic E-state index is 0.124. The van der Waals surface area contributed by atoms with E-state index in [1.807, 2.05) is 55.4 Å². The molecular formula is C15H21NO. The third kappa shape index (κ3) is 4.16. The zero-order valence-electron chi connectivity index (χ0n) is 10.7. The molecule has 0 N–H and O–H groups in total. The van der Waals surface area contributed by atoms with Gasteiger partial charge in [-0.15, -0.1) is 6.58 Å². The van der Waals surface area contributed by atoms with Gasteiger partial charge in [0, 0.05) is 6.42 Å². The van der Waals surface area contributed by atoms with E-state index in [1.165, 1.54) is 0 Å². The van der Waals surface area contributed by atoms with Crippen LogP contribution < -0.4 is 0 Å². The summed E-state index contributed by atoms with van der Waals surface area (Å²) < 4.78 is 0. The molecule has 17 heavy (non-hydrogen) atoms. The molecule has 0 aliphatic carbocycles. The molecule has 1 atom stereocenters. The maximum Gasteiger partial charge on any atom is 0.154 e. The molecule has 0 saturated carbocycles. The van der Waals surface area contributed by atoms with E-state index in [4.69, 9.17) is 0 Å². The Hall–Kier alpha value is -1.41. The standard InChI is InChI=1S/C15H21NO/c1-4-5-7-12-14(17)15(16(2)3)13-10-8-6-9-11-13/h4,6,8-11,15H,1,5,7,12H2,2-3H3. The minimum Gasteiger partial charge on any atom is -0.298 e. The average molecular weight is 231 g/mol. The van der Waals surface area contributed by atoms with Gasteiger partial charge in [-0.25, -0.2) is 0 Å². The molecule has 0 saturated heterocycles. The number of unbranched alkanes of at least 4 members (excludes halogenated alkanes) is 1. The highest BCUT2D eigenvalue weighted by molar-refractivity contribution is 5.85. The van der Waals surface area contributed by atoms with Crippen LogP contribution in [-0.2, 0) is 4.79 Å². The number of likely N-dealkylation sites (N-methyl/N-ethyl adjacent to an activating group) is 1. The van der Waals surface area contributed by atoms with Gasteiger partial charge in [0.05, 0.1) is 6.04 Å². The molecule has 92 valence electrons. The quantitative estimate of drug-likeness (QED) is 0.530. The van der Waals surface area contributed by atoms with Gasteiger partial charge in [-0.3, -0.25) is 9.69 Å². The van der Waals surface area contributed by atoms with Crippen LogP contribution in [0.25, 0.3) is 0 Å². The van der Waals surface area contributed by atoms with E-state index >= 15 is 0 Å². The Balaban J connectivity index is 2.73. The summed E-state index contributed by atoms with van der Waals surface area (Å²) in [5.74, 6) is 0.281. The normalized spacial score (nSPS) is 12.4. The highest BCUT2D eigenvalue weighted by Crippen LogP contribution is 2.21. The fourth-order valence-electron chi connectivity index (χ4n) is 1.96. The Kier molecular flexibility index (Phi) is 5.64. The fourth-order valence-corrected chi connectivity index (χ4v) is 1.96. The van der Waals surface area contributed by atoms with Gasteiger partial charge in [0.1, 0.15) is 0 Å². The van der Waals surface area contributed by atoms with E-state index in [2.05, 4.69) is 6.58 Å². The highest BCUT2D eigenvalue weighted by atomic mass is 16.1. The second kappa shape index (κ2) is 7.02. The summed E-state index contributed by atoms with van der Waals surface area (Å²) in [4.78, 5) is 14.2. The molecule has 0 aliphatic rings. The molecule has 0 aliphatic heterocycles. The predicted molar refractivity (Wildman–Crippen MR) is 71.9 cm³/mol. The van der Waals surface area contributed by atoms with Crippen LogP contribution in [0.4, 0.5) is 0 Å². The number of hydrogen-bond donors (Lipinski definition) is 0. The monoisotopic (exact) mass is 231 g/mol. The first-order valence-corrected chi connectivity index (χ1v) is 6.01. The van der Waals surface area contributed by atoms with Crippen molar-refractivity contribution in [1.29, 1.82) is 0 Å². The number of benzene rings is 1. The molecule has 0 aromatic heterocycles. The maximum absolute atomic E-state index is 12.2. The lowest BCUT2D eigenvalue weighted by Crippen LogP contribution is -2.27. The topological polar surface area (TPSA) is 20.3 Å². The van der Waals surface area contributed by atoms with Gasteiger partial charge >= 0.3 is 0 Å². The molecule has 1 rings (SSSR count). The van der Waals surface area contributed by atoms with Crippen molar-refractivity contribution in [3.05, 3.63) is 48.6 Å². The number of Topliss-reactive ketones (excluding diaryl/α,β-unsaturated/α-hetero) is 1. The Bertz CT molecular complexity index is 356. The van der Waals surface area contributed by atoms with E-state index in [-0.39, 0.29) is 11.8 Å². The maximum atomic E-state index is 12.2. The fraction of sp³-hybridized carbons (Fsp3) is 0.400. The van der Waals surface area contributed by atoms with Crippen LogP contribution in [0.3, 0.4) is 0 Å². The van der Waals surface area contributed by atoms with Crippen LogP contribution in [0, 0.1) is 0 Å². The summed E-state index contributed by atoms with van der Waals surface area (Å²) >= 11 is 0.